The number of carboxylic acids is 1. The summed E-state index contributed by atoms with van der Waals surface area (Å²) in [6, 6.07) is 7.68. The molecule has 100 valence electrons. The predicted molar refractivity (Wildman–Crippen MR) is 73.9 cm³/mol. The van der Waals surface area contributed by atoms with Crippen LogP contribution in [0.3, 0.4) is 0 Å². The normalized spacial score (nSPS) is 16.3. The van der Waals surface area contributed by atoms with Gasteiger partial charge >= 0.3 is 5.97 Å². The van der Waals surface area contributed by atoms with Gasteiger partial charge in [0.2, 0.25) is 0 Å². The van der Waals surface area contributed by atoms with Gasteiger partial charge in [-0.15, -0.1) is 0 Å². The molecule has 0 radical (unpaired) electrons. The molecule has 0 aromatic heterocycles. The average Bonchev–Trinajstić information content (AvgIpc) is 2.35. The fourth-order valence-electron chi connectivity index (χ4n) is 1.95. The Balaban J connectivity index is 2.87. The Hall–Kier alpha value is -1.06. The maximum Gasteiger partial charge on any atom is 0.307 e. The lowest BCUT2D eigenvalue weighted by atomic mass is 9.99. The van der Waals surface area contributed by atoms with Gasteiger partial charge in [-0.1, -0.05) is 36.7 Å². The summed E-state index contributed by atoms with van der Waals surface area (Å²) >= 11 is 6.17. The van der Waals surface area contributed by atoms with Gasteiger partial charge in [-0.3, -0.25) is 9.69 Å². The van der Waals surface area contributed by atoms with Crippen molar-refractivity contribution < 1.29 is 9.90 Å². The van der Waals surface area contributed by atoms with Crippen LogP contribution in [0.25, 0.3) is 0 Å². The second-order valence-corrected chi connectivity index (χ2v) is 5.14. The van der Waals surface area contributed by atoms with E-state index in [1.54, 1.807) is 6.92 Å². The van der Waals surface area contributed by atoms with Gasteiger partial charge in [0.25, 0.3) is 0 Å². The summed E-state index contributed by atoms with van der Waals surface area (Å²) < 4.78 is 0. The molecule has 4 heteroatoms. The molecule has 1 aromatic rings. The fraction of sp³-hybridized carbons (Fsp3) is 0.500. The van der Waals surface area contributed by atoms with Crippen LogP contribution in [0.4, 0.5) is 0 Å². The maximum absolute atomic E-state index is 11.0. The molecule has 0 fully saturated rings. The van der Waals surface area contributed by atoms with Crippen LogP contribution in [0.5, 0.6) is 0 Å². The van der Waals surface area contributed by atoms with Crippen LogP contribution in [-0.2, 0) is 4.79 Å². The quantitative estimate of drug-likeness (QED) is 0.890. The average molecular weight is 270 g/mol. The van der Waals surface area contributed by atoms with Crippen molar-refractivity contribution in [3.05, 3.63) is 34.9 Å². The minimum absolute atomic E-state index is 0.0613. The second-order valence-electron chi connectivity index (χ2n) is 4.73. The smallest absolute Gasteiger partial charge is 0.307 e. The van der Waals surface area contributed by atoms with Crippen molar-refractivity contribution >= 4 is 17.6 Å². The minimum Gasteiger partial charge on any atom is -0.481 e. The highest BCUT2D eigenvalue weighted by Gasteiger charge is 2.27. The van der Waals surface area contributed by atoms with E-state index < -0.39 is 11.9 Å². The van der Waals surface area contributed by atoms with Gasteiger partial charge in [0.1, 0.15) is 0 Å². The van der Waals surface area contributed by atoms with Gasteiger partial charge in [0.05, 0.1) is 5.92 Å². The molecule has 3 atom stereocenters. The third-order valence-electron chi connectivity index (χ3n) is 3.72. The molecular weight excluding hydrogens is 250 g/mol. The SMILES string of the molecule is CC(C(=O)O)C(C)N(C)C(C)c1ccccc1Cl. The maximum atomic E-state index is 11.0. The Kier molecular flexibility index (Phi) is 5.17. The number of benzene rings is 1. The van der Waals surface area contributed by atoms with Crippen LogP contribution in [0, 0.1) is 5.92 Å². The van der Waals surface area contributed by atoms with E-state index in [2.05, 4.69) is 0 Å². The summed E-state index contributed by atoms with van der Waals surface area (Å²) in [5.74, 6) is -1.19. The Morgan fingerprint density at radius 2 is 1.83 bits per heavy atom. The Morgan fingerprint density at radius 3 is 2.33 bits per heavy atom. The number of aliphatic carboxylic acids is 1. The van der Waals surface area contributed by atoms with E-state index in [9.17, 15) is 4.79 Å². The summed E-state index contributed by atoms with van der Waals surface area (Å²) in [6.07, 6.45) is 0. The number of halogens is 1. The van der Waals surface area contributed by atoms with Gasteiger partial charge in [-0.25, -0.2) is 0 Å². The van der Waals surface area contributed by atoms with Gasteiger partial charge in [0.15, 0.2) is 0 Å². The highest BCUT2D eigenvalue weighted by Crippen LogP contribution is 2.28. The van der Waals surface area contributed by atoms with E-state index in [4.69, 9.17) is 16.7 Å². The monoisotopic (exact) mass is 269 g/mol. The summed E-state index contributed by atoms with van der Waals surface area (Å²) in [6.45, 7) is 5.68. The lowest BCUT2D eigenvalue weighted by molar-refractivity contribution is -0.143. The molecule has 1 N–H and O–H groups in total. The number of nitrogens with zero attached hydrogens (tertiary/aromatic N) is 1. The molecule has 3 unspecified atom stereocenters. The van der Waals surface area contributed by atoms with Crippen LogP contribution in [0.2, 0.25) is 5.02 Å². The van der Waals surface area contributed by atoms with Gasteiger partial charge in [-0.2, -0.15) is 0 Å². The molecule has 0 spiro atoms. The first kappa shape index (κ1) is 15.0. The number of rotatable bonds is 5. The van der Waals surface area contributed by atoms with Crippen molar-refractivity contribution in [1.82, 2.24) is 4.90 Å². The van der Waals surface area contributed by atoms with E-state index in [1.165, 1.54) is 0 Å². The number of hydrogen-bond donors (Lipinski definition) is 1. The summed E-state index contributed by atoms with van der Waals surface area (Å²) in [4.78, 5) is 13.1. The Morgan fingerprint density at radius 1 is 1.28 bits per heavy atom. The zero-order valence-electron chi connectivity index (χ0n) is 11.2. The van der Waals surface area contributed by atoms with Crippen molar-refractivity contribution in [2.45, 2.75) is 32.9 Å². The number of carboxylic acid groups (broad SMARTS) is 1. The van der Waals surface area contributed by atoms with E-state index >= 15 is 0 Å². The molecule has 0 heterocycles. The van der Waals surface area contributed by atoms with Gasteiger partial charge in [0, 0.05) is 17.1 Å². The Labute approximate surface area is 113 Å². The molecule has 0 saturated heterocycles. The zero-order chi connectivity index (χ0) is 13.9. The van der Waals surface area contributed by atoms with E-state index in [-0.39, 0.29) is 12.1 Å². The molecule has 1 rings (SSSR count). The highest BCUT2D eigenvalue weighted by atomic mass is 35.5. The van der Waals surface area contributed by atoms with Crippen LogP contribution >= 0.6 is 11.6 Å². The molecule has 3 nitrogen and oxygen atoms in total. The van der Waals surface area contributed by atoms with Crippen molar-refractivity contribution in [1.29, 1.82) is 0 Å². The zero-order valence-corrected chi connectivity index (χ0v) is 12.0. The molecular formula is C14H20ClNO2. The molecule has 18 heavy (non-hydrogen) atoms. The highest BCUT2D eigenvalue weighted by molar-refractivity contribution is 6.31. The fourth-order valence-corrected chi connectivity index (χ4v) is 2.24. The van der Waals surface area contributed by atoms with Crippen molar-refractivity contribution in [2.24, 2.45) is 5.92 Å². The van der Waals surface area contributed by atoms with E-state index in [0.29, 0.717) is 5.02 Å². The van der Waals surface area contributed by atoms with Crippen molar-refractivity contribution in [3.63, 3.8) is 0 Å². The summed E-state index contributed by atoms with van der Waals surface area (Å²) in [7, 11) is 1.93. The number of hydrogen-bond acceptors (Lipinski definition) is 2. The predicted octanol–water partition coefficient (Wildman–Crippen LogP) is 3.44. The van der Waals surface area contributed by atoms with Crippen molar-refractivity contribution in [3.8, 4) is 0 Å². The molecule has 0 bridgehead atoms. The van der Waals surface area contributed by atoms with Crippen LogP contribution in [0.15, 0.2) is 24.3 Å². The molecule has 1 aromatic carbocycles. The lowest BCUT2D eigenvalue weighted by Gasteiger charge is -2.33. The first-order valence-electron chi connectivity index (χ1n) is 6.05. The Bertz CT molecular complexity index is 422. The third-order valence-corrected chi connectivity index (χ3v) is 4.07. The third kappa shape index (κ3) is 3.24. The lowest BCUT2D eigenvalue weighted by Crippen LogP contribution is -2.39. The molecule has 0 saturated carbocycles. The van der Waals surface area contributed by atoms with Crippen LogP contribution < -0.4 is 0 Å². The molecule has 0 aliphatic carbocycles. The first-order chi connectivity index (χ1) is 8.36. The molecule has 0 amide bonds. The number of carbonyl (C=O) groups is 1. The standard InChI is InChI=1S/C14H20ClNO2/c1-9(14(17)18)10(2)16(4)11(3)12-7-5-6-8-13(12)15/h5-11H,1-4H3,(H,17,18). The second kappa shape index (κ2) is 6.21. The topological polar surface area (TPSA) is 40.5 Å². The van der Waals surface area contributed by atoms with Gasteiger partial charge in [-0.05, 0) is 32.5 Å². The van der Waals surface area contributed by atoms with Gasteiger partial charge < -0.3 is 5.11 Å². The molecule has 0 aliphatic rings. The van der Waals surface area contributed by atoms with E-state index in [0.717, 1.165) is 5.56 Å². The largest absolute Gasteiger partial charge is 0.481 e. The van der Waals surface area contributed by atoms with Crippen LogP contribution in [0.1, 0.15) is 32.4 Å². The molecule has 0 aliphatic heterocycles. The van der Waals surface area contributed by atoms with Crippen LogP contribution in [-0.4, -0.2) is 29.1 Å². The summed E-state index contributed by atoms with van der Waals surface area (Å²) in [5.41, 5.74) is 1.02. The minimum atomic E-state index is -0.777. The summed E-state index contributed by atoms with van der Waals surface area (Å²) in [5, 5.41) is 9.77. The first-order valence-corrected chi connectivity index (χ1v) is 6.43. The van der Waals surface area contributed by atoms with Crippen molar-refractivity contribution in [2.75, 3.05) is 7.05 Å². The van der Waals surface area contributed by atoms with E-state index in [1.807, 2.05) is 50.1 Å².